The molecule has 20 heavy (non-hydrogen) atoms. The van der Waals surface area contributed by atoms with Crippen LogP contribution in [0.25, 0.3) is 0 Å². The molecule has 1 unspecified atom stereocenters. The summed E-state index contributed by atoms with van der Waals surface area (Å²) in [6.45, 7) is 1.83. The number of aromatic amines is 1. The maximum atomic E-state index is 12.2. The van der Waals surface area contributed by atoms with Crippen LogP contribution in [-0.4, -0.2) is 21.1 Å². The summed E-state index contributed by atoms with van der Waals surface area (Å²) in [4.78, 5) is 16.2. The zero-order valence-electron chi connectivity index (χ0n) is 11.1. The number of rotatable bonds is 4. The summed E-state index contributed by atoms with van der Waals surface area (Å²) in [7, 11) is 0. The van der Waals surface area contributed by atoms with E-state index in [1.54, 1.807) is 12.3 Å². The highest BCUT2D eigenvalue weighted by atomic mass is 35.5. The summed E-state index contributed by atoms with van der Waals surface area (Å²) < 4.78 is 0. The summed E-state index contributed by atoms with van der Waals surface area (Å²) in [5.74, 6) is 0.813. The molecule has 0 aliphatic heterocycles. The van der Waals surface area contributed by atoms with Crippen LogP contribution < -0.4 is 5.32 Å². The van der Waals surface area contributed by atoms with E-state index < -0.39 is 0 Å². The lowest BCUT2D eigenvalue weighted by molar-refractivity contribution is -0.117. The first-order chi connectivity index (χ1) is 9.63. The van der Waals surface area contributed by atoms with E-state index in [4.69, 9.17) is 11.6 Å². The molecule has 5 nitrogen and oxygen atoms in total. The van der Waals surface area contributed by atoms with Crippen molar-refractivity contribution in [3.8, 4) is 0 Å². The Morgan fingerprint density at radius 3 is 2.95 bits per heavy atom. The van der Waals surface area contributed by atoms with Crippen molar-refractivity contribution in [3.63, 3.8) is 0 Å². The Bertz CT molecular complexity index is 618. The molecule has 104 valence electrons. The molecular formula is C14H15ClN4O. The molecule has 2 heterocycles. The van der Waals surface area contributed by atoms with Crippen molar-refractivity contribution >= 4 is 23.3 Å². The Morgan fingerprint density at radius 1 is 1.50 bits per heavy atom. The van der Waals surface area contributed by atoms with Crippen LogP contribution in [0, 0.1) is 0 Å². The zero-order valence-corrected chi connectivity index (χ0v) is 11.8. The molecule has 2 N–H and O–H groups in total. The quantitative estimate of drug-likeness (QED) is 0.850. The fraction of sp³-hybridized carbons (Fsp3) is 0.357. The van der Waals surface area contributed by atoms with E-state index in [0.29, 0.717) is 16.9 Å². The standard InChI is InChI=1S/C14H15ClN4O/c1-8(10-4-5-12(15)16-7-10)14(20)17-13-6-11(18-19-13)9-2-3-9/h4-9H,2-3H2,1H3,(H2,17,18,19,20). The predicted molar refractivity (Wildman–Crippen MR) is 76.9 cm³/mol. The van der Waals surface area contributed by atoms with Crippen molar-refractivity contribution in [2.75, 3.05) is 5.32 Å². The highest BCUT2D eigenvalue weighted by Crippen LogP contribution is 2.39. The fourth-order valence-corrected chi connectivity index (χ4v) is 2.14. The van der Waals surface area contributed by atoms with Crippen LogP contribution in [0.5, 0.6) is 0 Å². The number of aromatic nitrogens is 3. The van der Waals surface area contributed by atoms with E-state index in [0.717, 1.165) is 11.3 Å². The first-order valence-electron chi connectivity index (χ1n) is 6.61. The average molecular weight is 291 g/mol. The fourth-order valence-electron chi connectivity index (χ4n) is 2.03. The molecule has 1 atom stereocenters. The average Bonchev–Trinajstić information content (AvgIpc) is 3.20. The molecule has 1 saturated carbocycles. The second-order valence-electron chi connectivity index (χ2n) is 5.11. The van der Waals surface area contributed by atoms with Gasteiger partial charge in [0.25, 0.3) is 0 Å². The molecular weight excluding hydrogens is 276 g/mol. The van der Waals surface area contributed by atoms with Crippen LogP contribution in [0.3, 0.4) is 0 Å². The minimum atomic E-state index is -0.299. The molecule has 0 radical (unpaired) electrons. The van der Waals surface area contributed by atoms with Crippen molar-refractivity contribution in [1.29, 1.82) is 0 Å². The minimum absolute atomic E-state index is 0.0971. The van der Waals surface area contributed by atoms with E-state index in [9.17, 15) is 4.79 Å². The smallest absolute Gasteiger partial charge is 0.232 e. The van der Waals surface area contributed by atoms with E-state index in [1.165, 1.54) is 12.8 Å². The van der Waals surface area contributed by atoms with Gasteiger partial charge in [-0.25, -0.2) is 4.98 Å². The topological polar surface area (TPSA) is 70.7 Å². The van der Waals surface area contributed by atoms with Gasteiger partial charge in [0.1, 0.15) is 11.0 Å². The molecule has 2 aromatic rings. The Hall–Kier alpha value is -1.88. The van der Waals surface area contributed by atoms with Gasteiger partial charge in [-0.15, -0.1) is 0 Å². The zero-order chi connectivity index (χ0) is 14.1. The number of pyridine rings is 1. The van der Waals surface area contributed by atoms with Crippen LogP contribution in [0.15, 0.2) is 24.4 Å². The van der Waals surface area contributed by atoms with Crippen molar-refractivity contribution < 1.29 is 4.79 Å². The predicted octanol–water partition coefficient (Wildman–Crippen LogP) is 3.08. The minimum Gasteiger partial charge on any atom is -0.311 e. The van der Waals surface area contributed by atoms with Crippen LogP contribution in [0.2, 0.25) is 5.15 Å². The molecule has 0 saturated heterocycles. The van der Waals surface area contributed by atoms with Gasteiger partial charge < -0.3 is 5.32 Å². The number of amides is 1. The molecule has 1 aliphatic carbocycles. The maximum Gasteiger partial charge on any atom is 0.232 e. The van der Waals surface area contributed by atoms with E-state index in [2.05, 4.69) is 20.5 Å². The molecule has 1 fully saturated rings. The van der Waals surface area contributed by atoms with Gasteiger partial charge >= 0.3 is 0 Å². The van der Waals surface area contributed by atoms with Gasteiger partial charge in [0.2, 0.25) is 5.91 Å². The van der Waals surface area contributed by atoms with E-state index in [1.807, 2.05) is 19.1 Å². The van der Waals surface area contributed by atoms with Crippen LogP contribution >= 0.6 is 11.6 Å². The summed E-state index contributed by atoms with van der Waals surface area (Å²) in [6, 6.07) is 5.40. The summed E-state index contributed by atoms with van der Waals surface area (Å²) >= 11 is 5.74. The van der Waals surface area contributed by atoms with Gasteiger partial charge in [-0.1, -0.05) is 17.7 Å². The van der Waals surface area contributed by atoms with Gasteiger partial charge in [-0.3, -0.25) is 9.89 Å². The summed E-state index contributed by atoms with van der Waals surface area (Å²) in [5.41, 5.74) is 1.86. The molecule has 0 bridgehead atoms. The Morgan fingerprint density at radius 2 is 2.30 bits per heavy atom. The number of nitrogens with one attached hydrogen (secondary N) is 2. The van der Waals surface area contributed by atoms with Crippen molar-refractivity contribution in [2.24, 2.45) is 0 Å². The first-order valence-corrected chi connectivity index (χ1v) is 6.99. The van der Waals surface area contributed by atoms with Gasteiger partial charge in [-0.2, -0.15) is 5.10 Å². The highest BCUT2D eigenvalue weighted by molar-refractivity contribution is 6.29. The van der Waals surface area contributed by atoms with Crippen molar-refractivity contribution in [3.05, 3.63) is 40.8 Å². The third-order valence-corrected chi connectivity index (χ3v) is 3.72. The van der Waals surface area contributed by atoms with Crippen LogP contribution in [-0.2, 0) is 4.79 Å². The highest BCUT2D eigenvalue weighted by Gasteiger charge is 2.26. The summed E-state index contributed by atoms with van der Waals surface area (Å²) in [6.07, 6.45) is 3.99. The van der Waals surface area contributed by atoms with Gasteiger partial charge in [0.05, 0.1) is 11.6 Å². The number of carbonyl (C=O) groups excluding carboxylic acids is 1. The SMILES string of the molecule is CC(C(=O)Nc1cc(C2CC2)n[nH]1)c1ccc(Cl)nc1. The monoisotopic (exact) mass is 290 g/mol. The van der Waals surface area contributed by atoms with E-state index in [-0.39, 0.29) is 11.8 Å². The Labute approximate surface area is 121 Å². The number of anilines is 1. The number of halogens is 1. The van der Waals surface area contributed by atoms with E-state index >= 15 is 0 Å². The third-order valence-electron chi connectivity index (χ3n) is 3.49. The lowest BCUT2D eigenvalue weighted by atomic mass is 10.0. The largest absolute Gasteiger partial charge is 0.311 e. The molecule has 1 amide bonds. The van der Waals surface area contributed by atoms with Crippen LogP contribution in [0.1, 0.15) is 42.9 Å². The van der Waals surface area contributed by atoms with Crippen molar-refractivity contribution in [1.82, 2.24) is 15.2 Å². The maximum absolute atomic E-state index is 12.2. The number of carbonyl (C=O) groups is 1. The summed E-state index contributed by atoms with van der Waals surface area (Å²) in [5, 5.41) is 10.3. The van der Waals surface area contributed by atoms with Gasteiger partial charge in [0.15, 0.2) is 0 Å². The van der Waals surface area contributed by atoms with Crippen LogP contribution in [0.4, 0.5) is 5.82 Å². The molecule has 0 aromatic carbocycles. The molecule has 0 spiro atoms. The number of hydrogen-bond acceptors (Lipinski definition) is 3. The normalized spacial score (nSPS) is 15.9. The second-order valence-corrected chi connectivity index (χ2v) is 5.49. The van der Waals surface area contributed by atoms with Gasteiger partial charge in [0, 0.05) is 18.2 Å². The van der Waals surface area contributed by atoms with Crippen molar-refractivity contribution in [2.45, 2.75) is 31.6 Å². The number of hydrogen-bond donors (Lipinski definition) is 2. The lowest BCUT2D eigenvalue weighted by Crippen LogP contribution is -2.19. The third kappa shape index (κ3) is 2.82. The van der Waals surface area contributed by atoms with Gasteiger partial charge in [-0.05, 0) is 31.4 Å². The molecule has 6 heteroatoms. The number of H-pyrrole nitrogens is 1. The molecule has 3 rings (SSSR count). The Balaban J connectivity index is 1.66. The Kier molecular flexibility index (Phi) is 3.44. The second kappa shape index (κ2) is 5.25. The molecule has 2 aromatic heterocycles. The number of nitrogens with zero attached hydrogens (tertiary/aromatic N) is 2. The lowest BCUT2D eigenvalue weighted by Gasteiger charge is -2.10. The molecule has 1 aliphatic rings. The first kappa shape index (κ1) is 13.1.